The van der Waals surface area contributed by atoms with E-state index in [0.717, 1.165) is 18.2 Å². The number of hydrogen-bond donors (Lipinski definition) is 2. The van der Waals surface area contributed by atoms with Gasteiger partial charge in [-0.3, -0.25) is 19.7 Å². The highest BCUT2D eigenvalue weighted by molar-refractivity contribution is 6.06. The SMILES string of the molecule is COc1ccccc1NC(=O)c1ccc(NC(=O)c2ccc(F)c([N+](=O)[O-])c2)cc1. The van der Waals surface area contributed by atoms with E-state index in [9.17, 15) is 24.1 Å². The third-order valence-corrected chi connectivity index (χ3v) is 4.17. The highest BCUT2D eigenvalue weighted by atomic mass is 19.1. The van der Waals surface area contributed by atoms with Crippen molar-refractivity contribution in [1.82, 2.24) is 0 Å². The van der Waals surface area contributed by atoms with E-state index >= 15 is 0 Å². The summed E-state index contributed by atoms with van der Waals surface area (Å²) in [5.41, 5.74) is 0.365. The molecule has 2 amide bonds. The van der Waals surface area contributed by atoms with Crippen LogP contribution in [0.1, 0.15) is 20.7 Å². The molecule has 0 fully saturated rings. The number of nitro groups is 1. The molecule has 3 aromatic carbocycles. The van der Waals surface area contributed by atoms with Gasteiger partial charge in [0, 0.05) is 22.9 Å². The molecule has 0 heterocycles. The minimum atomic E-state index is -1.03. The molecule has 0 radical (unpaired) electrons. The standard InChI is InChI=1S/C21H16FN3O5/c1-30-19-5-3-2-4-17(19)24-20(26)13-6-9-15(10-7-13)23-21(27)14-8-11-16(22)18(12-14)25(28)29/h2-12H,1H3,(H,23,27)(H,24,26). The third kappa shape index (κ3) is 4.58. The van der Waals surface area contributed by atoms with Crippen molar-refractivity contribution in [2.45, 2.75) is 0 Å². The summed E-state index contributed by atoms with van der Waals surface area (Å²) in [5, 5.41) is 16.1. The first-order valence-corrected chi connectivity index (χ1v) is 8.69. The first-order valence-electron chi connectivity index (χ1n) is 8.69. The summed E-state index contributed by atoms with van der Waals surface area (Å²) >= 11 is 0. The van der Waals surface area contributed by atoms with Crippen LogP contribution in [-0.4, -0.2) is 23.8 Å². The fraction of sp³-hybridized carbons (Fsp3) is 0.0476. The van der Waals surface area contributed by atoms with Gasteiger partial charge >= 0.3 is 5.69 Å². The Morgan fingerprint density at radius 2 is 1.57 bits per heavy atom. The highest BCUT2D eigenvalue weighted by Crippen LogP contribution is 2.24. The number of amides is 2. The number of hydrogen-bond acceptors (Lipinski definition) is 5. The van der Waals surface area contributed by atoms with Crippen LogP contribution in [0.5, 0.6) is 5.75 Å². The summed E-state index contributed by atoms with van der Waals surface area (Å²) in [6.07, 6.45) is 0. The number of para-hydroxylation sites is 2. The van der Waals surface area contributed by atoms with Gasteiger partial charge in [-0.05, 0) is 48.5 Å². The van der Waals surface area contributed by atoms with E-state index in [0.29, 0.717) is 22.7 Å². The zero-order valence-corrected chi connectivity index (χ0v) is 15.7. The van der Waals surface area contributed by atoms with Gasteiger partial charge in [0.2, 0.25) is 5.82 Å². The highest BCUT2D eigenvalue weighted by Gasteiger charge is 2.18. The van der Waals surface area contributed by atoms with Crippen LogP contribution in [-0.2, 0) is 0 Å². The molecule has 0 saturated heterocycles. The maximum Gasteiger partial charge on any atom is 0.305 e. The van der Waals surface area contributed by atoms with E-state index in [1.807, 2.05) is 0 Å². The van der Waals surface area contributed by atoms with E-state index in [1.165, 1.54) is 31.4 Å². The Morgan fingerprint density at radius 3 is 2.23 bits per heavy atom. The van der Waals surface area contributed by atoms with Gasteiger partial charge in [-0.2, -0.15) is 4.39 Å². The molecule has 9 heteroatoms. The normalized spacial score (nSPS) is 10.2. The van der Waals surface area contributed by atoms with Gasteiger partial charge in [-0.25, -0.2) is 0 Å². The maximum atomic E-state index is 13.4. The first kappa shape index (κ1) is 20.5. The van der Waals surface area contributed by atoms with Crippen LogP contribution in [0.4, 0.5) is 21.5 Å². The fourth-order valence-corrected chi connectivity index (χ4v) is 2.64. The molecule has 3 rings (SSSR count). The number of nitro benzene ring substituents is 1. The number of methoxy groups -OCH3 is 1. The smallest absolute Gasteiger partial charge is 0.305 e. The molecule has 0 aromatic heterocycles. The van der Waals surface area contributed by atoms with Crippen LogP contribution in [0.25, 0.3) is 0 Å². The average molecular weight is 409 g/mol. The average Bonchev–Trinajstić information content (AvgIpc) is 2.74. The Balaban J connectivity index is 1.70. The Hall–Kier alpha value is -4.27. The molecule has 2 N–H and O–H groups in total. The van der Waals surface area contributed by atoms with Crippen LogP contribution in [0.15, 0.2) is 66.7 Å². The van der Waals surface area contributed by atoms with Crippen molar-refractivity contribution in [2.24, 2.45) is 0 Å². The quantitative estimate of drug-likeness (QED) is 0.467. The number of halogens is 1. The van der Waals surface area contributed by atoms with Gasteiger partial charge in [-0.1, -0.05) is 12.1 Å². The van der Waals surface area contributed by atoms with Gasteiger partial charge in [-0.15, -0.1) is 0 Å². The second-order valence-electron chi connectivity index (χ2n) is 6.11. The van der Waals surface area contributed by atoms with Crippen LogP contribution in [0, 0.1) is 15.9 Å². The monoisotopic (exact) mass is 409 g/mol. The summed E-state index contributed by atoms with van der Waals surface area (Å²) in [4.78, 5) is 34.6. The molecular formula is C21H16FN3O5. The van der Waals surface area contributed by atoms with Gasteiger partial charge in [0.05, 0.1) is 17.7 Å². The molecule has 0 bridgehead atoms. The summed E-state index contributed by atoms with van der Waals surface area (Å²) < 4.78 is 18.6. The molecule has 0 atom stereocenters. The number of carbonyl (C=O) groups is 2. The Labute approximate surface area is 170 Å². The number of ether oxygens (including phenoxy) is 1. The second-order valence-corrected chi connectivity index (χ2v) is 6.11. The maximum absolute atomic E-state index is 13.4. The van der Waals surface area contributed by atoms with Gasteiger partial charge in [0.25, 0.3) is 11.8 Å². The Kier molecular flexibility index (Phi) is 6.02. The topological polar surface area (TPSA) is 111 Å². The zero-order valence-electron chi connectivity index (χ0n) is 15.7. The molecule has 3 aromatic rings. The summed E-state index contributed by atoms with van der Waals surface area (Å²) in [6, 6.07) is 15.9. The van der Waals surface area contributed by atoms with Crippen molar-refractivity contribution >= 4 is 28.9 Å². The molecule has 30 heavy (non-hydrogen) atoms. The van der Waals surface area contributed by atoms with Crippen molar-refractivity contribution in [3.05, 3.63) is 93.8 Å². The predicted octanol–water partition coefficient (Wildman–Crippen LogP) is 4.25. The van der Waals surface area contributed by atoms with Crippen molar-refractivity contribution in [3.8, 4) is 5.75 Å². The Bertz CT molecular complexity index is 1120. The lowest BCUT2D eigenvalue weighted by Crippen LogP contribution is -2.14. The van der Waals surface area contributed by atoms with E-state index in [-0.39, 0.29) is 11.5 Å². The van der Waals surface area contributed by atoms with Crippen LogP contribution in [0.3, 0.4) is 0 Å². The lowest BCUT2D eigenvalue weighted by molar-refractivity contribution is -0.387. The Morgan fingerprint density at radius 1 is 0.933 bits per heavy atom. The first-order chi connectivity index (χ1) is 14.4. The number of anilines is 2. The lowest BCUT2D eigenvalue weighted by atomic mass is 10.1. The largest absolute Gasteiger partial charge is 0.495 e. The number of rotatable bonds is 6. The van der Waals surface area contributed by atoms with Crippen molar-refractivity contribution < 1.29 is 23.6 Å². The summed E-state index contributed by atoms with van der Waals surface area (Å²) in [5.74, 6) is -1.53. The van der Waals surface area contributed by atoms with Gasteiger partial charge in [0.1, 0.15) is 5.75 Å². The lowest BCUT2D eigenvalue weighted by Gasteiger charge is -2.10. The zero-order chi connectivity index (χ0) is 21.7. The molecule has 0 aliphatic rings. The van der Waals surface area contributed by atoms with E-state index in [1.54, 1.807) is 24.3 Å². The number of nitrogens with zero attached hydrogens (tertiary/aromatic N) is 1. The van der Waals surface area contributed by atoms with Crippen molar-refractivity contribution in [3.63, 3.8) is 0 Å². The van der Waals surface area contributed by atoms with Gasteiger partial charge in [0.15, 0.2) is 0 Å². The molecule has 0 saturated carbocycles. The van der Waals surface area contributed by atoms with Crippen molar-refractivity contribution in [1.29, 1.82) is 0 Å². The number of nitrogens with one attached hydrogen (secondary N) is 2. The molecule has 0 unspecified atom stereocenters. The molecule has 0 aliphatic carbocycles. The summed E-state index contributed by atoms with van der Waals surface area (Å²) in [6.45, 7) is 0. The second kappa shape index (κ2) is 8.82. The minimum absolute atomic E-state index is 0.0684. The van der Waals surface area contributed by atoms with Crippen LogP contribution < -0.4 is 15.4 Å². The van der Waals surface area contributed by atoms with Gasteiger partial charge < -0.3 is 15.4 Å². The molecule has 152 valence electrons. The van der Waals surface area contributed by atoms with Crippen LogP contribution >= 0.6 is 0 Å². The fourth-order valence-electron chi connectivity index (χ4n) is 2.64. The van der Waals surface area contributed by atoms with E-state index < -0.39 is 22.3 Å². The molecule has 0 spiro atoms. The number of benzene rings is 3. The van der Waals surface area contributed by atoms with E-state index in [4.69, 9.17) is 4.74 Å². The third-order valence-electron chi connectivity index (χ3n) is 4.17. The van der Waals surface area contributed by atoms with E-state index in [2.05, 4.69) is 10.6 Å². The molecule has 8 nitrogen and oxygen atoms in total. The van der Waals surface area contributed by atoms with Crippen LogP contribution in [0.2, 0.25) is 0 Å². The summed E-state index contributed by atoms with van der Waals surface area (Å²) in [7, 11) is 1.50. The molecular weight excluding hydrogens is 393 g/mol. The number of carbonyl (C=O) groups excluding carboxylic acids is 2. The minimum Gasteiger partial charge on any atom is -0.495 e. The molecule has 0 aliphatic heterocycles. The predicted molar refractivity (Wildman–Crippen MR) is 108 cm³/mol. The van der Waals surface area contributed by atoms with Crippen molar-refractivity contribution in [2.75, 3.05) is 17.7 Å².